The molecule has 0 amide bonds. The van der Waals surface area contributed by atoms with Gasteiger partial charge >= 0.3 is 0 Å². The molecule has 2 rings (SSSR count). The van der Waals surface area contributed by atoms with E-state index in [1.54, 1.807) is 0 Å². The van der Waals surface area contributed by atoms with Gasteiger partial charge in [0.25, 0.3) is 0 Å². The number of hydrogen-bond donors (Lipinski definition) is 1. The third-order valence-electron chi connectivity index (χ3n) is 3.43. The van der Waals surface area contributed by atoms with E-state index >= 15 is 0 Å². The van der Waals surface area contributed by atoms with Gasteiger partial charge in [0.15, 0.2) is 0 Å². The Kier molecular flexibility index (Phi) is 5.89. The maximum absolute atomic E-state index is 5.27. The van der Waals surface area contributed by atoms with Gasteiger partial charge in [0.2, 0.25) is 0 Å². The van der Waals surface area contributed by atoms with E-state index in [1.165, 1.54) is 11.1 Å². The molecule has 0 saturated carbocycles. The first-order valence-corrected chi connectivity index (χ1v) is 7.16. The second-order valence-electron chi connectivity index (χ2n) is 4.89. The summed E-state index contributed by atoms with van der Waals surface area (Å²) in [6.45, 7) is 1.92. The highest BCUT2D eigenvalue weighted by Crippen LogP contribution is 2.23. The molecule has 0 unspecified atom stereocenters. The molecule has 1 nitrogen and oxygen atoms in total. The summed E-state index contributed by atoms with van der Waals surface area (Å²) in [6.07, 6.45) is 7.15. The number of hydrogen-bond acceptors (Lipinski definition) is 1. The zero-order chi connectivity index (χ0) is 14.0. The lowest BCUT2D eigenvalue weighted by Gasteiger charge is -2.18. The Morgan fingerprint density at radius 2 is 1.45 bits per heavy atom. The Labute approximate surface area is 122 Å². The fraction of sp³-hybridized carbons (Fsp3) is 0.263. The van der Waals surface area contributed by atoms with Crippen molar-refractivity contribution in [3.63, 3.8) is 0 Å². The van der Waals surface area contributed by atoms with Gasteiger partial charge in [-0.1, -0.05) is 60.7 Å². The van der Waals surface area contributed by atoms with Crippen molar-refractivity contribution in [2.75, 3.05) is 13.1 Å². The summed E-state index contributed by atoms with van der Waals surface area (Å²) >= 11 is 0. The molecule has 102 valence electrons. The monoisotopic (exact) mass is 263 g/mol. The maximum atomic E-state index is 5.27. The SMILES string of the molecule is C#CCCCNCC(c1ccccc1)c1ccccc1. The second-order valence-corrected chi connectivity index (χ2v) is 4.89. The first kappa shape index (κ1) is 14.4. The molecule has 0 aliphatic heterocycles. The summed E-state index contributed by atoms with van der Waals surface area (Å²) in [5, 5.41) is 3.52. The molecular formula is C19H21N. The molecule has 1 N–H and O–H groups in total. The van der Waals surface area contributed by atoms with Gasteiger partial charge < -0.3 is 5.32 Å². The summed E-state index contributed by atoms with van der Waals surface area (Å²) in [4.78, 5) is 0. The number of unbranched alkanes of at least 4 members (excludes halogenated alkanes) is 1. The first-order valence-electron chi connectivity index (χ1n) is 7.16. The fourth-order valence-corrected chi connectivity index (χ4v) is 2.36. The molecule has 0 bridgehead atoms. The molecule has 20 heavy (non-hydrogen) atoms. The Morgan fingerprint density at radius 1 is 0.900 bits per heavy atom. The number of benzene rings is 2. The van der Waals surface area contributed by atoms with Crippen molar-refractivity contribution in [3.8, 4) is 12.3 Å². The molecule has 0 fully saturated rings. The minimum Gasteiger partial charge on any atom is -0.316 e. The van der Waals surface area contributed by atoms with Gasteiger partial charge in [-0.05, 0) is 24.1 Å². The molecule has 0 aromatic heterocycles. The van der Waals surface area contributed by atoms with Crippen LogP contribution in [0.4, 0.5) is 0 Å². The summed E-state index contributed by atoms with van der Waals surface area (Å²) in [5.41, 5.74) is 2.70. The van der Waals surface area contributed by atoms with E-state index in [0.29, 0.717) is 5.92 Å². The quantitative estimate of drug-likeness (QED) is 0.591. The van der Waals surface area contributed by atoms with E-state index in [2.05, 4.69) is 71.9 Å². The summed E-state index contributed by atoms with van der Waals surface area (Å²) in [7, 11) is 0. The van der Waals surface area contributed by atoms with Gasteiger partial charge in [-0.3, -0.25) is 0 Å². The van der Waals surface area contributed by atoms with Crippen LogP contribution in [0.5, 0.6) is 0 Å². The van der Waals surface area contributed by atoms with Gasteiger partial charge in [0.1, 0.15) is 0 Å². The second kappa shape index (κ2) is 8.19. The smallest absolute Gasteiger partial charge is 0.0214 e. The van der Waals surface area contributed by atoms with E-state index in [-0.39, 0.29) is 0 Å². The molecule has 0 atom stereocenters. The lowest BCUT2D eigenvalue weighted by Crippen LogP contribution is -2.23. The van der Waals surface area contributed by atoms with Crippen molar-refractivity contribution < 1.29 is 0 Å². The predicted octanol–water partition coefficient (Wildman–Crippen LogP) is 3.82. The highest BCUT2D eigenvalue weighted by molar-refractivity contribution is 5.32. The van der Waals surface area contributed by atoms with Crippen molar-refractivity contribution in [3.05, 3.63) is 71.8 Å². The van der Waals surface area contributed by atoms with Crippen LogP contribution in [0.2, 0.25) is 0 Å². The van der Waals surface area contributed by atoms with E-state index in [9.17, 15) is 0 Å². The van der Waals surface area contributed by atoms with Gasteiger partial charge in [-0.2, -0.15) is 0 Å². The number of nitrogens with one attached hydrogen (secondary N) is 1. The lowest BCUT2D eigenvalue weighted by atomic mass is 9.91. The predicted molar refractivity (Wildman–Crippen MR) is 85.7 cm³/mol. The average molecular weight is 263 g/mol. The molecule has 2 aromatic carbocycles. The highest BCUT2D eigenvalue weighted by Gasteiger charge is 2.12. The summed E-state index contributed by atoms with van der Waals surface area (Å²) in [5.74, 6) is 3.07. The Morgan fingerprint density at radius 3 is 1.95 bits per heavy atom. The third-order valence-corrected chi connectivity index (χ3v) is 3.43. The van der Waals surface area contributed by atoms with Crippen molar-refractivity contribution in [1.82, 2.24) is 5.32 Å². The molecule has 0 saturated heterocycles. The van der Waals surface area contributed by atoms with Gasteiger partial charge in [-0.25, -0.2) is 0 Å². The Bertz CT molecular complexity index is 485. The van der Waals surface area contributed by atoms with Crippen LogP contribution in [0.3, 0.4) is 0 Å². The van der Waals surface area contributed by atoms with Crippen LogP contribution in [0.1, 0.15) is 29.9 Å². The molecule has 0 radical (unpaired) electrons. The van der Waals surface area contributed by atoms with Crippen molar-refractivity contribution in [2.24, 2.45) is 0 Å². The Balaban J connectivity index is 2.04. The summed E-state index contributed by atoms with van der Waals surface area (Å²) in [6, 6.07) is 21.3. The van der Waals surface area contributed by atoms with E-state index < -0.39 is 0 Å². The van der Waals surface area contributed by atoms with Crippen molar-refractivity contribution in [1.29, 1.82) is 0 Å². The molecular weight excluding hydrogens is 242 g/mol. The van der Waals surface area contributed by atoms with Crippen LogP contribution < -0.4 is 5.32 Å². The average Bonchev–Trinajstić information content (AvgIpc) is 2.53. The van der Waals surface area contributed by atoms with Crippen LogP contribution >= 0.6 is 0 Å². The van der Waals surface area contributed by atoms with Crippen LogP contribution in [-0.4, -0.2) is 13.1 Å². The molecule has 2 aromatic rings. The van der Waals surface area contributed by atoms with Crippen LogP contribution in [0, 0.1) is 12.3 Å². The molecule has 0 spiro atoms. The molecule has 0 heterocycles. The standard InChI is InChI=1S/C19H21N/c1-2-3-10-15-20-16-19(17-11-6-4-7-12-17)18-13-8-5-9-14-18/h1,4-9,11-14,19-20H,3,10,15-16H2. The third kappa shape index (κ3) is 4.26. The van der Waals surface area contributed by atoms with Crippen LogP contribution in [0.15, 0.2) is 60.7 Å². The summed E-state index contributed by atoms with van der Waals surface area (Å²) < 4.78 is 0. The zero-order valence-corrected chi connectivity index (χ0v) is 11.8. The number of rotatable bonds is 7. The van der Waals surface area contributed by atoms with E-state index in [4.69, 9.17) is 6.42 Å². The number of terminal acetylenes is 1. The Hall–Kier alpha value is -2.04. The minimum absolute atomic E-state index is 0.392. The van der Waals surface area contributed by atoms with Gasteiger partial charge in [-0.15, -0.1) is 12.3 Å². The van der Waals surface area contributed by atoms with Crippen LogP contribution in [0.25, 0.3) is 0 Å². The van der Waals surface area contributed by atoms with Gasteiger partial charge in [0, 0.05) is 18.9 Å². The molecule has 0 aliphatic rings. The normalized spacial score (nSPS) is 10.4. The fourth-order valence-electron chi connectivity index (χ4n) is 2.36. The first-order chi connectivity index (χ1) is 9.92. The highest BCUT2D eigenvalue weighted by atomic mass is 14.9. The molecule has 0 aliphatic carbocycles. The zero-order valence-electron chi connectivity index (χ0n) is 11.8. The largest absolute Gasteiger partial charge is 0.316 e. The minimum atomic E-state index is 0.392. The van der Waals surface area contributed by atoms with Gasteiger partial charge in [0.05, 0.1) is 0 Å². The van der Waals surface area contributed by atoms with Crippen LogP contribution in [-0.2, 0) is 0 Å². The molecule has 1 heteroatoms. The lowest BCUT2D eigenvalue weighted by molar-refractivity contribution is 0.618. The maximum Gasteiger partial charge on any atom is 0.0214 e. The van der Waals surface area contributed by atoms with E-state index in [0.717, 1.165) is 25.9 Å². The van der Waals surface area contributed by atoms with Crippen molar-refractivity contribution in [2.45, 2.75) is 18.8 Å². The van der Waals surface area contributed by atoms with E-state index in [1.807, 2.05) is 0 Å². The topological polar surface area (TPSA) is 12.0 Å². The van der Waals surface area contributed by atoms with Crippen molar-refractivity contribution >= 4 is 0 Å².